The Morgan fingerprint density at radius 3 is 2.67 bits per heavy atom. The van der Waals surface area contributed by atoms with Gasteiger partial charge in [-0.15, -0.1) is 5.10 Å². The monoisotopic (exact) mass is 298 g/mol. The maximum absolute atomic E-state index is 12.7. The Morgan fingerprint density at radius 2 is 1.95 bits per heavy atom. The Balaban J connectivity index is 1.86. The molecule has 1 N–H and O–H groups in total. The molecule has 8 heteroatoms. The highest BCUT2D eigenvalue weighted by atomic mass is 19.4. The number of anilines is 1. The zero-order chi connectivity index (χ0) is 14.9. The number of rotatable bonds is 2. The van der Waals surface area contributed by atoms with Crippen molar-refractivity contribution in [3.05, 3.63) is 29.8 Å². The van der Waals surface area contributed by atoms with E-state index in [1.165, 1.54) is 6.07 Å². The molecule has 2 aromatic rings. The van der Waals surface area contributed by atoms with Crippen LogP contribution in [0.4, 0.5) is 19.1 Å². The van der Waals surface area contributed by atoms with Crippen molar-refractivity contribution < 1.29 is 17.9 Å². The molecule has 0 bridgehead atoms. The largest absolute Gasteiger partial charge is 0.416 e. The first-order valence-corrected chi connectivity index (χ1v) is 6.47. The van der Waals surface area contributed by atoms with Gasteiger partial charge in [0.1, 0.15) is 0 Å². The number of hydrogen-bond donors (Lipinski definition) is 1. The molecule has 1 aliphatic heterocycles. The lowest BCUT2D eigenvalue weighted by atomic mass is 10.1. The van der Waals surface area contributed by atoms with E-state index in [2.05, 4.69) is 15.2 Å². The van der Waals surface area contributed by atoms with E-state index in [-0.39, 0.29) is 0 Å². The smallest absolute Gasteiger partial charge is 0.378 e. The molecule has 1 aromatic heterocycles. The lowest BCUT2D eigenvalue weighted by molar-refractivity contribution is -0.137. The van der Waals surface area contributed by atoms with Crippen LogP contribution in [-0.4, -0.2) is 41.5 Å². The van der Waals surface area contributed by atoms with Crippen LogP contribution in [0.25, 0.3) is 11.4 Å². The van der Waals surface area contributed by atoms with Crippen LogP contribution in [0.3, 0.4) is 0 Å². The summed E-state index contributed by atoms with van der Waals surface area (Å²) < 4.78 is 43.4. The van der Waals surface area contributed by atoms with Crippen LogP contribution >= 0.6 is 0 Å². The first kappa shape index (κ1) is 13.9. The van der Waals surface area contributed by atoms with Crippen LogP contribution in [0.1, 0.15) is 5.56 Å². The maximum Gasteiger partial charge on any atom is 0.416 e. The number of hydrogen-bond acceptors (Lipinski definition) is 4. The summed E-state index contributed by atoms with van der Waals surface area (Å²) in [6, 6.07) is 5.01. The standard InChI is InChI=1S/C13H13F3N4O/c14-13(15,16)10-3-1-2-9(8-10)11-17-12(19-18-11)20-4-6-21-7-5-20/h1-3,8H,4-7H2,(H,17,18,19). The van der Waals surface area contributed by atoms with Crippen LogP contribution < -0.4 is 4.90 Å². The summed E-state index contributed by atoms with van der Waals surface area (Å²) in [5.74, 6) is 0.799. The van der Waals surface area contributed by atoms with E-state index in [9.17, 15) is 13.2 Å². The Morgan fingerprint density at radius 1 is 1.19 bits per heavy atom. The highest BCUT2D eigenvalue weighted by molar-refractivity contribution is 5.57. The first-order valence-electron chi connectivity index (χ1n) is 6.47. The van der Waals surface area contributed by atoms with Gasteiger partial charge in [0.05, 0.1) is 18.8 Å². The molecule has 0 saturated carbocycles. The number of nitrogens with one attached hydrogen (secondary N) is 1. The molecule has 0 amide bonds. The van der Waals surface area contributed by atoms with Gasteiger partial charge in [0.15, 0.2) is 5.82 Å². The highest BCUT2D eigenvalue weighted by Crippen LogP contribution is 2.31. The number of aromatic amines is 1. The molecule has 0 radical (unpaired) electrons. The van der Waals surface area contributed by atoms with Crippen LogP contribution in [0.5, 0.6) is 0 Å². The summed E-state index contributed by atoms with van der Waals surface area (Å²) in [7, 11) is 0. The summed E-state index contributed by atoms with van der Waals surface area (Å²) in [5.41, 5.74) is -0.346. The Kier molecular flexibility index (Phi) is 3.54. The van der Waals surface area contributed by atoms with Gasteiger partial charge in [-0.3, -0.25) is 5.10 Å². The summed E-state index contributed by atoms with van der Waals surface area (Å²) >= 11 is 0. The SMILES string of the molecule is FC(F)(F)c1cccc(-c2nc(N3CCOCC3)n[nH]2)c1. The van der Waals surface area contributed by atoms with Crippen molar-refractivity contribution in [2.24, 2.45) is 0 Å². The zero-order valence-corrected chi connectivity index (χ0v) is 11.0. The number of halogens is 3. The number of ether oxygens (including phenoxy) is 1. The van der Waals surface area contributed by atoms with E-state index in [0.717, 1.165) is 12.1 Å². The number of morpholine rings is 1. The van der Waals surface area contributed by atoms with Gasteiger partial charge in [0.2, 0.25) is 5.95 Å². The minimum atomic E-state index is -4.37. The highest BCUT2D eigenvalue weighted by Gasteiger charge is 2.30. The van der Waals surface area contributed by atoms with Crippen molar-refractivity contribution in [3.8, 4) is 11.4 Å². The van der Waals surface area contributed by atoms with Gasteiger partial charge in [-0.25, -0.2) is 0 Å². The molecule has 1 saturated heterocycles. The second-order valence-electron chi connectivity index (χ2n) is 4.66. The fraction of sp³-hybridized carbons (Fsp3) is 0.385. The van der Waals surface area contributed by atoms with Gasteiger partial charge < -0.3 is 9.64 Å². The second kappa shape index (κ2) is 5.36. The zero-order valence-electron chi connectivity index (χ0n) is 11.0. The Hall–Kier alpha value is -2.09. The minimum Gasteiger partial charge on any atom is -0.378 e. The molecule has 2 heterocycles. The molecule has 1 aliphatic rings. The topological polar surface area (TPSA) is 54.0 Å². The summed E-state index contributed by atoms with van der Waals surface area (Å²) in [6.07, 6.45) is -4.37. The minimum absolute atomic E-state index is 0.322. The fourth-order valence-corrected chi connectivity index (χ4v) is 2.13. The molecule has 0 unspecified atom stereocenters. The van der Waals surface area contributed by atoms with E-state index in [1.807, 2.05) is 4.90 Å². The van der Waals surface area contributed by atoms with Crippen LogP contribution in [0.2, 0.25) is 0 Å². The number of H-pyrrole nitrogens is 1. The quantitative estimate of drug-likeness (QED) is 0.924. The van der Waals surface area contributed by atoms with Gasteiger partial charge in [-0.05, 0) is 12.1 Å². The van der Waals surface area contributed by atoms with Gasteiger partial charge in [0, 0.05) is 18.7 Å². The van der Waals surface area contributed by atoms with E-state index in [0.29, 0.717) is 43.6 Å². The van der Waals surface area contributed by atoms with Gasteiger partial charge >= 0.3 is 6.18 Å². The average Bonchev–Trinajstić information content (AvgIpc) is 2.97. The molecular weight excluding hydrogens is 285 g/mol. The third-order valence-corrected chi connectivity index (χ3v) is 3.23. The predicted molar refractivity (Wildman–Crippen MR) is 69.9 cm³/mol. The van der Waals surface area contributed by atoms with Crippen molar-refractivity contribution in [1.29, 1.82) is 0 Å². The van der Waals surface area contributed by atoms with Crippen LogP contribution in [-0.2, 0) is 10.9 Å². The van der Waals surface area contributed by atoms with Gasteiger partial charge in [-0.1, -0.05) is 12.1 Å². The van der Waals surface area contributed by atoms with E-state index in [4.69, 9.17) is 4.74 Å². The summed E-state index contributed by atoms with van der Waals surface area (Å²) in [5, 5.41) is 6.75. The molecule has 0 atom stereocenters. The molecular formula is C13H13F3N4O. The number of nitrogens with zero attached hydrogens (tertiary/aromatic N) is 3. The van der Waals surface area contributed by atoms with Crippen molar-refractivity contribution in [1.82, 2.24) is 15.2 Å². The van der Waals surface area contributed by atoms with Crippen molar-refractivity contribution >= 4 is 5.95 Å². The van der Waals surface area contributed by atoms with Crippen molar-refractivity contribution in [2.75, 3.05) is 31.2 Å². The van der Waals surface area contributed by atoms with Gasteiger partial charge in [-0.2, -0.15) is 18.2 Å². The Bertz CT molecular complexity index is 620. The molecule has 0 aliphatic carbocycles. The molecule has 1 fully saturated rings. The summed E-state index contributed by atoms with van der Waals surface area (Å²) in [6.45, 7) is 2.51. The maximum atomic E-state index is 12.7. The third-order valence-electron chi connectivity index (χ3n) is 3.23. The fourth-order valence-electron chi connectivity index (χ4n) is 2.13. The van der Waals surface area contributed by atoms with E-state index >= 15 is 0 Å². The lowest BCUT2D eigenvalue weighted by Gasteiger charge is -2.25. The summed E-state index contributed by atoms with van der Waals surface area (Å²) in [4.78, 5) is 6.19. The average molecular weight is 298 g/mol. The number of benzene rings is 1. The van der Waals surface area contributed by atoms with E-state index in [1.54, 1.807) is 6.07 Å². The van der Waals surface area contributed by atoms with Crippen molar-refractivity contribution in [2.45, 2.75) is 6.18 Å². The first-order chi connectivity index (χ1) is 10.0. The Labute approximate surface area is 118 Å². The normalized spacial score (nSPS) is 16.2. The van der Waals surface area contributed by atoms with E-state index < -0.39 is 11.7 Å². The predicted octanol–water partition coefficient (Wildman–Crippen LogP) is 2.33. The van der Waals surface area contributed by atoms with Crippen molar-refractivity contribution in [3.63, 3.8) is 0 Å². The number of aromatic nitrogens is 3. The molecule has 3 rings (SSSR count). The second-order valence-corrected chi connectivity index (χ2v) is 4.66. The number of alkyl halides is 3. The molecule has 21 heavy (non-hydrogen) atoms. The molecule has 0 spiro atoms. The van der Waals surface area contributed by atoms with Crippen LogP contribution in [0.15, 0.2) is 24.3 Å². The molecule has 5 nitrogen and oxygen atoms in total. The molecule has 112 valence electrons. The van der Waals surface area contributed by atoms with Crippen LogP contribution in [0, 0.1) is 0 Å². The molecule has 1 aromatic carbocycles. The lowest BCUT2D eigenvalue weighted by Crippen LogP contribution is -2.36. The third kappa shape index (κ3) is 2.99. The van der Waals surface area contributed by atoms with Gasteiger partial charge in [0.25, 0.3) is 0 Å².